The molecule has 3 aromatic rings. The highest BCUT2D eigenvalue weighted by atomic mass is 16.5. The molecule has 6 heteroatoms. The Labute approximate surface area is 140 Å². The number of ether oxygens (including phenoxy) is 1. The van der Waals surface area contributed by atoms with Crippen LogP contribution in [-0.4, -0.2) is 27.2 Å². The van der Waals surface area contributed by atoms with Gasteiger partial charge in [-0.05, 0) is 30.3 Å². The van der Waals surface area contributed by atoms with E-state index in [1.807, 2.05) is 48.0 Å². The van der Waals surface area contributed by atoms with Crippen LogP contribution in [0.5, 0.6) is 11.5 Å². The zero-order valence-electron chi connectivity index (χ0n) is 13.3. The van der Waals surface area contributed by atoms with E-state index >= 15 is 0 Å². The van der Waals surface area contributed by atoms with Crippen molar-refractivity contribution in [3.8, 4) is 11.5 Å². The number of rotatable bonds is 6. The number of hydrogen-bond acceptors (Lipinski definition) is 4. The average molecular weight is 322 g/mol. The van der Waals surface area contributed by atoms with Crippen molar-refractivity contribution < 1.29 is 9.53 Å². The second-order valence-corrected chi connectivity index (χ2v) is 5.31. The van der Waals surface area contributed by atoms with Gasteiger partial charge in [0.1, 0.15) is 23.7 Å². The first kappa shape index (κ1) is 15.7. The van der Waals surface area contributed by atoms with Crippen LogP contribution in [0.1, 0.15) is 16.2 Å². The van der Waals surface area contributed by atoms with E-state index in [1.54, 1.807) is 24.5 Å². The van der Waals surface area contributed by atoms with Crippen LogP contribution < -0.4 is 10.1 Å². The minimum Gasteiger partial charge on any atom is -0.457 e. The van der Waals surface area contributed by atoms with Gasteiger partial charge in [0.25, 0.3) is 5.91 Å². The molecule has 0 unspecified atom stereocenters. The van der Waals surface area contributed by atoms with Crippen LogP contribution in [0.15, 0.2) is 60.9 Å². The van der Waals surface area contributed by atoms with E-state index < -0.39 is 0 Å². The molecule has 0 saturated carbocycles. The number of benzene rings is 2. The molecule has 1 heterocycles. The van der Waals surface area contributed by atoms with Gasteiger partial charge < -0.3 is 14.6 Å². The van der Waals surface area contributed by atoms with Gasteiger partial charge in [-0.2, -0.15) is 0 Å². The molecule has 3 rings (SSSR count). The van der Waals surface area contributed by atoms with Crippen molar-refractivity contribution in [2.75, 3.05) is 6.54 Å². The second kappa shape index (κ2) is 7.41. The van der Waals surface area contributed by atoms with E-state index in [1.165, 1.54) is 0 Å². The van der Waals surface area contributed by atoms with Crippen LogP contribution in [0.4, 0.5) is 0 Å². The van der Waals surface area contributed by atoms with Crippen LogP contribution in [0.3, 0.4) is 0 Å². The number of nitrogens with one attached hydrogen (secondary N) is 1. The van der Waals surface area contributed by atoms with Gasteiger partial charge in [0, 0.05) is 25.6 Å². The molecule has 1 aromatic heterocycles. The maximum Gasteiger partial charge on any atom is 0.251 e. The van der Waals surface area contributed by atoms with Gasteiger partial charge in [-0.15, -0.1) is 10.2 Å². The number of para-hydroxylation sites is 1. The molecule has 0 atom stereocenters. The predicted molar refractivity (Wildman–Crippen MR) is 90.0 cm³/mol. The topological polar surface area (TPSA) is 69.0 Å². The summed E-state index contributed by atoms with van der Waals surface area (Å²) < 4.78 is 7.58. The van der Waals surface area contributed by atoms with Crippen LogP contribution in [0.25, 0.3) is 0 Å². The molecule has 0 aliphatic rings. The lowest BCUT2D eigenvalue weighted by Crippen LogP contribution is -2.26. The average Bonchev–Trinajstić information content (AvgIpc) is 3.01. The number of aryl methyl sites for hydroxylation is 1. The highest BCUT2D eigenvalue weighted by Crippen LogP contribution is 2.21. The SMILES string of the molecule is Cn1cnnc1CCNC(=O)c1cccc(Oc2ccccc2)c1. The number of aromatic nitrogens is 3. The van der Waals surface area contributed by atoms with Gasteiger partial charge in [0.05, 0.1) is 0 Å². The number of amides is 1. The summed E-state index contributed by atoms with van der Waals surface area (Å²) in [5, 5.41) is 10.7. The zero-order chi connectivity index (χ0) is 16.8. The highest BCUT2D eigenvalue weighted by Gasteiger charge is 2.08. The van der Waals surface area contributed by atoms with E-state index in [9.17, 15) is 4.79 Å². The van der Waals surface area contributed by atoms with Crippen LogP contribution in [-0.2, 0) is 13.5 Å². The minimum atomic E-state index is -0.143. The quantitative estimate of drug-likeness (QED) is 0.757. The molecule has 0 bridgehead atoms. The van der Waals surface area contributed by atoms with Gasteiger partial charge in [0.15, 0.2) is 0 Å². The van der Waals surface area contributed by atoms with Crippen LogP contribution in [0, 0.1) is 0 Å². The van der Waals surface area contributed by atoms with Crippen molar-refractivity contribution in [3.05, 3.63) is 72.3 Å². The lowest BCUT2D eigenvalue weighted by atomic mass is 10.2. The second-order valence-electron chi connectivity index (χ2n) is 5.31. The first-order valence-electron chi connectivity index (χ1n) is 7.66. The first-order chi connectivity index (χ1) is 11.7. The third-order valence-electron chi connectivity index (χ3n) is 3.51. The molecule has 0 aliphatic carbocycles. The number of nitrogens with zero attached hydrogens (tertiary/aromatic N) is 3. The summed E-state index contributed by atoms with van der Waals surface area (Å²) in [5.74, 6) is 2.05. The van der Waals surface area contributed by atoms with E-state index in [-0.39, 0.29) is 5.91 Å². The molecule has 0 radical (unpaired) electrons. The molecule has 0 fully saturated rings. The summed E-state index contributed by atoms with van der Waals surface area (Å²) in [6, 6.07) is 16.6. The van der Waals surface area contributed by atoms with Gasteiger partial charge in [-0.25, -0.2) is 0 Å². The van der Waals surface area contributed by atoms with Gasteiger partial charge in [-0.1, -0.05) is 24.3 Å². The fraction of sp³-hybridized carbons (Fsp3) is 0.167. The lowest BCUT2D eigenvalue weighted by Gasteiger charge is -2.08. The maximum absolute atomic E-state index is 12.3. The molecule has 0 saturated heterocycles. The summed E-state index contributed by atoms with van der Waals surface area (Å²) in [4.78, 5) is 12.3. The van der Waals surface area contributed by atoms with Crippen molar-refractivity contribution in [2.45, 2.75) is 6.42 Å². The first-order valence-corrected chi connectivity index (χ1v) is 7.66. The molecule has 0 spiro atoms. The Hall–Kier alpha value is -3.15. The minimum absolute atomic E-state index is 0.143. The summed E-state index contributed by atoms with van der Waals surface area (Å²) in [7, 11) is 1.88. The van der Waals surface area contributed by atoms with Crippen molar-refractivity contribution >= 4 is 5.91 Å². The molecular weight excluding hydrogens is 304 g/mol. The maximum atomic E-state index is 12.3. The molecule has 24 heavy (non-hydrogen) atoms. The summed E-state index contributed by atoms with van der Waals surface area (Å²) in [5.41, 5.74) is 0.557. The Morgan fingerprint density at radius 2 is 1.92 bits per heavy atom. The normalized spacial score (nSPS) is 10.4. The highest BCUT2D eigenvalue weighted by molar-refractivity contribution is 5.94. The smallest absolute Gasteiger partial charge is 0.251 e. The molecule has 1 N–H and O–H groups in total. The van der Waals surface area contributed by atoms with E-state index in [0.29, 0.717) is 24.3 Å². The van der Waals surface area contributed by atoms with E-state index in [0.717, 1.165) is 11.6 Å². The predicted octanol–water partition coefficient (Wildman–Crippen LogP) is 2.58. The zero-order valence-corrected chi connectivity index (χ0v) is 13.3. The van der Waals surface area contributed by atoms with E-state index in [2.05, 4.69) is 15.5 Å². The molecule has 6 nitrogen and oxygen atoms in total. The van der Waals surface area contributed by atoms with Gasteiger partial charge in [-0.3, -0.25) is 4.79 Å². The van der Waals surface area contributed by atoms with Crippen molar-refractivity contribution in [1.82, 2.24) is 20.1 Å². The van der Waals surface area contributed by atoms with Crippen LogP contribution >= 0.6 is 0 Å². The third kappa shape index (κ3) is 3.98. The summed E-state index contributed by atoms with van der Waals surface area (Å²) >= 11 is 0. The van der Waals surface area contributed by atoms with Crippen molar-refractivity contribution in [1.29, 1.82) is 0 Å². The summed E-state index contributed by atoms with van der Waals surface area (Å²) in [6.45, 7) is 0.495. The standard InChI is InChI=1S/C18H18N4O2/c1-22-13-20-21-17(22)10-11-19-18(23)14-6-5-9-16(12-14)24-15-7-3-2-4-8-15/h2-9,12-13H,10-11H2,1H3,(H,19,23). The Morgan fingerprint density at radius 1 is 1.12 bits per heavy atom. The fourth-order valence-electron chi connectivity index (χ4n) is 2.25. The number of carbonyl (C=O) groups excluding carboxylic acids is 1. The number of hydrogen-bond donors (Lipinski definition) is 1. The number of carbonyl (C=O) groups is 1. The van der Waals surface area contributed by atoms with E-state index in [4.69, 9.17) is 4.74 Å². The molecule has 2 aromatic carbocycles. The molecular formula is C18H18N4O2. The monoisotopic (exact) mass is 322 g/mol. The Kier molecular flexibility index (Phi) is 4.86. The molecule has 0 aliphatic heterocycles. The Balaban J connectivity index is 1.59. The van der Waals surface area contributed by atoms with Gasteiger partial charge >= 0.3 is 0 Å². The largest absolute Gasteiger partial charge is 0.457 e. The van der Waals surface area contributed by atoms with Crippen molar-refractivity contribution in [3.63, 3.8) is 0 Å². The van der Waals surface area contributed by atoms with Gasteiger partial charge in [0.2, 0.25) is 0 Å². The lowest BCUT2D eigenvalue weighted by molar-refractivity contribution is 0.0953. The van der Waals surface area contributed by atoms with Crippen molar-refractivity contribution in [2.24, 2.45) is 7.05 Å². The Morgan fingerprint density at radius 3 is 2.67 bits per heavy atom. The fourth-order valence-corrected chi connectivity index (χ4v) is 2.25. The Bertz CT molecular complexity index is 815. The summed E-state index contributed by atoms with van der Waals surface area (Å²) in [6.07, 6.45) is 2.27. The molecule has 122 valence electrons. The van der Waals surface area contributed by atoms with Crippen LogP contribution in [0.2, 0.25) is 0 Å². The third-order valence-corrected chi connectivity index (χ3v) is 3.51. The molecule has 1 amide bonds.